The van der Waals surface area contributed by atoms with Gasteiger partial charge in [-0.3, -0.25) is 4.79 Å². The molecule has 3 aromatic rings. The zero-order chi connectivity index (χ0) is 18.0. The average molecular weight is 370 g/mol. The maximum Gasteiger partial charge on any atom is 0.422 e. The van der Waals surface area contributed by atoms with E-state index in [0.717, 1.165) is 0 Å². The number of aromatic amines is 1. The molecule has 0 bridgehead atoms. The van der Waals surface area contributed by atoms with Crippen molar-refractivity contribution in [3.63, 3.8) is 0 Å². The lowest BCUT2D eigenvalue weighted by Crippen LogP contribution is -2.19. The fraction of sp³-hybridized carbons (Fsp3) is 0.125. The van der Waals surface area contributed by atoms with Gasteiger partial charge in [-0.2, -0.15) is 13.2 Å². The quantitative estimate of drug-likeness (QED) is 0.716. The first-order valence-corrected chi connectivity index (χ1v) is 7.44. The number of carbonyl (C=O) groups is 1. The molecule has 2 heterocycles. The number of pyridine rings is 1. The van der Waals surface area contributed by atoms with Crippen molar-refractivity contribution < 1.29 is 22.7 Å². The Bertz CT molecular complexity index is 907. The summed E-state index contributed by atoms with van der Waals surface area (Å²) < 4.78 is 40.7. The van der Waals surface area contributed by atoms with Crippen LogP contribution in [0.4, 0.5) is 18.9 Å². The highest BCUT2D eigenvalue weighted by Gasteiger charge is 2.28. The van der Waals surface area contributed by atoms with Gasteiger partial charge in [0.1, 0.15) is 5.69 Å². The largest absolute Gasteiger partial charge is 0.468 e. The van der Waals surface area contributed by atoms with E-state index < -0.39 is 18.7 Å². The molecule has 5 nitrogen and oxygen atoms in total. The maximum atomic E-state index is 12.3. The summed E-state index contributed by atoms with van der Waals surface area (Å²) in [6.45, 7) is -1.43. The fourth-order valence-electron chi connectivity index (χ4n) is 2.15. The molecule has 0 aliphatic carbocycles. The first kappa shape index (κ1) is 17.1. The van der Waals surface area contributed by atoms with Crippen LogP contribution in [0.1, 0.15) is 10.5 Å². The van der Waals surface area contributed by atoms with E-state index in [1.165, 1.54) is 18.3 Å². The highest BCUT2D eigenvalue weighted by molar-refractivity contribution is 6.39. The molecule has 0 spiro atoms. The minimum atomic E-state index is -4.44. The van der Waals surface area contributed by atoms with Gasteiger partial charge in [-0.25, -0.2) is 4.98 Å². The number of anilines is 1. The van der Waals surface area contributed by atoms with E-state index in [0.29, 0.717) is 16.6 Å². The van der Waals surface area contributed by atoms with Gasteiger partial charge in [0.05, 0.1) is 16.9 Å². The molecule has 130 valence electrons. The number of ether oxygens (including phenoxy) is 1. The summed E-state index contributed by atoms with van der Waals surface area (Å²) >= 11 is 6.19. The molecule has 1 amide bonds. The summed E-state index contributed by atoms with van der Waals surface area (Å²) in [5, 5.41) is 3.56. The number of aromatic nitrogens is 2. The van der Waals surface area contributed by atoms with Crippen LogP contribution < -0.4 is 10.1 Å². The Kier molecular flexibility index (Phi) is 4.54. The predicted molar refractivity (Wildman–Crippen MR) is 87.0 cm³/mol. The molecule has 0 saturated heterocycles. The van der Waals surface area contributed by atoms with Gasteiger partial charge in [-0.05, 0) is 12.1 Å². The lowest BCUT2D eigenvalue weighted by atomic mass is 10.2. The Morgan fingerprint density at radius 1 is 1.24 bits per heavy atom. The summed E-state index contributed by atoms with van der Waals surface area (Å²) in [5.41, 5.74) is 1.19. The van der Waals surface area contributed by atoms with Crippen molar-refractivity contribution in [1.82, 2.24) is 9.97 Å². The number of alkyl halides is 3. The molecule has 2 N–H and O–H groups in total. The van der Waals surface area contributed by atoms with E-state index >= 15 is 0 Å². The summed E-state index contributed by atoms with van der Waals surface area (Å²) in [6, 6.07) is 9.78. The zero-order valence-corrected chi connectivity index (χ0v) is 13.3. The van der Waals surface area contributed by atoms with Gasteiger partial charge in [0.25, 0.3) is 5.91 Å². The third-order valence-electron chi connectivity index (χ3n) is 3.25. The van der Waals surface area contributed by atoms with E-state index in [2.05, 4.69) is 20.0 Å². The van der Waals surface area contributed by atoms with Crippen molar-refractivity contribution in [3.8, 4) is 5.88 Å². The monoisotopic (exact) mass is 369 g/mol. The first-order valence-electron chi connectivity index (χ1n) is 7.06. The van der Waals surface area contributed by atoms with Crippen molar-refractivity contribution >= 4 is 34.1 Å². The average Bonchev–Trinajstić information content (AvgIpc) is 2.91. The number of rotatable bonds is 4. The smallest absolute Gasteiger partial charge is 0.422 e. The lowest BCUT2D eigenvalue weighted by molar-refractivity contribution is -0.154. The number of hydrogen-bond donors (Lipinski definition) is 2. The van der Waals surface area contributed by atoms with Gasteiger partial charge in [0, 0.05) is 17.0 Å². The normalized spacial score (nSPS) is 11.5. The van der Waals surface area contributed by atoms with E-state index in [1.54, 1.807) is 24.3 Å². The van der Waals surface area contributed by atoms with Gasteiger partial charge in [-0.1, -0.05) is 29.8 Å². The molecule has 2 aromatic heterocycles. The van der Waals surface area contributed by atoms with E-state index in [1.807, 2.05) is 0 Å². The molecule has 0 atom stereocenters. The Morgan fingerprint density at radius 3 is 2.64 bits per heavy atom. The minimum absolute atomic E-state index is 0.181. The zero-order valence-electron chi connectivity index (χ0n) is 12.5. The number of carbonyl (C=O) groups excluding carboxylic acids is 1. The Labute approximate surface area is 144 Å². The van der Waals surface area contributed by atoms with E-state index in [4.69, 9.17) is 11.6 Å². The fourth-order valence-corrected chi connectivity index (χ4v) is 2.45. The maximum absolute atomic E-state index is 12.3. The SMILES string of the molecule is O=C(Nc1ccc(OCC(F)(F)F)nc1)c1[nH]c2ccccc2c1Cl. The highest BCUT2D eigenvalue weighted by Crippen LogP contribution is 2.27. The topological polar surface area (TPSA) is 67.0 Å². The number of nitrogens with one attached hydrogen (secondary N) is 2. The van der Waals surface area contributed by atoms with Crippen LogP contribution >= 0.6 is 11.6 Å². The predicted octanol–water partition coefficient (Wildman–Crippen LogP) is 4.41. The molecule has 0 aliphatic heterocycles. The summed E-state index contributed by atoms with van der Waals surface area (Å²) in [7, 11) is 0. The highest BCUT2D eigenvalue weighted by atomic mass is 35.5. The second-order valence-corrected chi connectivity index (χ2v) is 5.48. The Morgan fingerprint density at radius 2 is 2.00 bits per heavy atom. The molecular weight excluding hydrogens is 359 g/mol. The van der Waals surface area contributed by atoms with E-state index in [-0.39, 0.29) is 16.6 Å². The van der Waals surface area contributed by atoms with Gasteiger partial charge < -0.3 is 15.0 Å². The molecule has 0 unspecified atom stereocenters. The van der Waals surface area contributed by atoms with Gasteiger partial charge >= 0.3 is 6.18 Å². The van der Waals surface area contributed by atoms with Crippen LogP contribution in [-0.2, 0) is 0 Å². The molecule has 3 rings (SSSR count). The number of benzene rings is 1. The van der Waals surface area contributed by atoms with Crippen LogP contribution in [-0.4, -0.2) is 28.7 Å². The van der Waals surface area contributed by atoms with E-state index in [9.17, 15) is 18.0 Å². The summed E-state index contributed by atoms with van der Waals surface area (Å²) in [6.07, 6.45) is -3.25. The molecule has 0 fully saturated rings. The van der Waals surface area contributed by atoms with Crippen molar-refractivity contribution in [3.05, 3.63) is 53.3 Å². The first-order chi connectivity index (χ1) is 11.8. The van der Waals surface area contributed by atoms with Crippen LogP contribution in [0.5, 0.6) is 5.88 Å². The third kappa shape index (κ3) is 4.03. The summed E-state index contributed by atoms with van der Waals surface area (Å²) in [4.78, 5) is 18.9. The molecule has 0 radical (unpaired) electrons. The molecular formula is C16H11ClF3N3O2. The van der Waals surface area contributed by atoms with Crippen LogP contribution in [0.15, 0.2) is 42.6 Å². The van der Waals surface area contributed by atoms with Crippen LogP contribution in [0.3, 0.4) is 0 Å². The van der Waals surface area contributed by atoms with Crippen LogP contribution in [0.2, 0.25) is 5.02 Å². The minimum Gasteiger partial charge on any atom is -0.468 e. The van der Waals surface area contributed by atoms with Gasteiger partial charge in [0.15, 0.2) is 6.61 Å². The van der Waals surface area contributed by atoms with Gasteiger partial charge in [0.2, 0.25) is 5.88 Å². The van der Waals surface area contributed by atoms with Crippen molar-refractivity contribution in [1.29, 1.82) is 0 Å². The number of nitrogens with zero attached hydrogens (tertiary/aromatic N) is 1. The molecule has 9 heteroatoms. The third-order valence-corrected chi connectivity index (χ3v) is 3.64. The van der Waals surface area contributed by atoms with Crippen LogP contribution in [0, 0.1) is 0 Å². The van der Waals surface area contributed by atoms with Crippen molar-refractivity contribution in [2.45, 2.75) is 6.18 Å². The number of halogens is 4. The molecule has 25 heavy (non-hydrogen) atoms. The van der Waals surface area contributed by atoms with Crippen molar-refractivity contribution in [2.75, 3.05) is 11.9 Å². The number of fused-ring (bicyclic) bond motifs is 1. The molecule has 0 aliphatic rings. The number of amides is 1. The standard InChI is InChI=1S/C16H11ClF3N3O2/c17-13-10-3-1-2-4-11(10)23-14(13)15(24)22-9-5-6-12(21-7-9)25-8-16(18,19)20/h1-7,23H,8H2,(H,22,24). The second-order valence-electron chi connectivity index (χ2n) is 5.10. The van der Waals surface area contributed by atoms with Crippen LogP contribution in [0.25, 0.3) is 10.9 Å². The Balaban J connectivity index is 1.71. The van der Waals surface area contributed by atoms with Crippen molar-refractivity contribution in [2.24, 2.45) is 0 Å². The molecule has 1 aromatic carbocycles. The second kappa shape index (κ2) is 6.64. The Hall–Kier alpha value is -2.74. The number of hydrogen-bond acceptors (Lipinski definition) is 3. The lowest BCUT2D eigenvalue weighted by Gasteiger charge is -2.09. The number of H-pyrrole nitrogens is 1. The summed E-state index contributed by atoms with van der Waals surface area (Å²) in [5.74, 6) is -0.689. The number of para-hydroxylation sites is 1. The molecule has 0 saturated carbocycles. The van der Waals surface area contributed by atoms with Gasteiger partial charge in [-0.15, -0.1) is 0 Å².